The molecule has 0 aliphatic rings. The molecule has 9 nitrogen and oxygen atoms in total. The molecule has 0 saturated heterocycles. The Morgan fingerprint density at radius 1 is 0.608 bits per heavy atom. The summed E-state index contributed by atoms with van der Waals surface area (Å²) in [6.07, 6.45) is 35.8. The van der Waals surface area contributed by atoms with E-state index >= 15 is 0 Å². The molecule has 0 heterocycles. The number of carbonyl (C=O) groups excluding carboxylic acids is 2. The first-order valence-corrected chi connectivity index (χ1v) is 22.1. The van der Waals surface area contributed by atoms with Crippen LogP contribution in [-0.4, -0.2) is 74.9 Å². The van der Waals surface area contributed by atoms with Gasteiger partial charge in [-0.05, 0) is 44.9 Å². The third-order valence-electron chi connectivity index (χ3n) is 8.73. The van der Waals surface area contributed by atoms with E-state index in [0.29, 0.717) is 17.4 Å². The molecule has 0 aliphatic carbocycles. The van der Waals surface area contributed by atoms with Crippen LogP contribution in [0.1, 0.15) is 174 Å². The number of hydrogen-bond acceptors (Lipinski definition) is 7. The van der Waals surface area contributed by atoms with E-state index in [1.807, 2.05) is 21.1 Å². The van der Waals surface area contributed by atoms with E-state index in [9.17, 15) is 19.0 Å². The van der Waals surface area contributed by atoms with E-state index in [-0.39, 0.29) is 32.0 Å². The average molecular weight is 745 g/mol. The molecule has 0 fully saturated rings. The highest BCUT2D eigenvalue weighted by Crippen LogP contribution is 2.43. The Morgan fingerprint density at radius 3 is 1.57 bits per heavy atom. The molecule has 0 aromatic rings. The lowest BCUT2D eigenvalue weighted by Gasteiger charge is -2.24. The van der Waals surface area contributed by atoms with Gasteiger partial charge in [-0.1, -0.05) is 141 Å². The molecule has 10 heteroatoms. The number of esters is 2. The molecule has 0 radical (unpaired) electrons. The Hall–Kier alpha value is -1.51. The largest absolute Gasteiger partial charge is 0.472 e. The zero-order valence-electron chi connectivity index (χ0n) is 33.6. The molecule has 2 unspecified atom stereocenters. The number of carbonyl (C=O) groups is 2. The van der Waals surface area contributed by atoms with Gasteiger partial charge in [0.05, 0.1) is 27.7 Å². The Labute approximate surface area is 313 Å². The standard InChI is InChI=1S/C41H78NO8P/c1-6-8-10-12-13-14-15-16-17-18-19-20-21-22-23-24-25-26-27-28-29-30-32-34-41(44)50-39(37-47-40(43)33-31-11-9-7-2)38-49-51(45,46)48-36-35-42(3,4)5/h15-16,18-19,39H,6-14,17,20-38H2,1-5H3/p+1/b16-15-,19-18-. The van der Waals surface area contributed by atoms with E-state index in [1.54, 1.807) is 0 Å². The first-order chi connectivity index (χ1) is 24.5. The monoisotopic (exact) mass is 745 g/mol. The summed E-state index contributed by atoms with van der Waals surface area (Å²) in [5.41, 5.74) is 0. The number of allylic oxidation sites excluding steroid dienone is 4. The summed E-state index contributed by atoms with van der Waals surface area (Å²) in [5.74, 6) is -0.819. The number of nitrogens with zero attached hydrogens (tertiary/aromatic N) is 1. The third-order valence-corrected chi connectivity index (χ3v) is 9.72. The van der Waals surface area contributed by atoms with Crippen molar-refractivity contribution < 1.29 is 42.1 Å². The van der Waals surface area contributed by atoms with Crippen LogP contribution in [0.5, 0.6) is 0 Å². The van der Waals surface area contributed by atoms with Crippen molar-refractivity contribution >= 4 is 19.8 Å². The summed E-state index contributed by atoms with van der Waals surface area (Å²) in [5, 5.41) is 0. The fourth-order valence-electron chi connectivity index (χ4n) is 5.45. The molecular weight excluding hydrogens is 665 g/mol. The van der Waals surface area contributed by atoms with Crippen LogP contribution in [-0.2, 0) is 32.7 Å². The second kappa shape index (κ2) is 34.3. The SMILES string of the molecule is CCCCCCC/C=C\C/C=C\CCCCCCCCCCCCCC(=O)OC(COC(=O)CCCCCC)COP(=O)(O)OCC[N+](C)(C)C. The Kier molecular flexibility index (Phi) is 33.3. The van der Waals surface area contributed by atoms with Gasteiger partial charge in [0.25, 0.3) is 0 Å². The lowest BCUT2D eigenvalue weighted by Crippen LogP contribution is -2.37. The molecule has 0 saturated carbocycles. The van der Waals surface area contributed by atoms with Gasteiger partial charge in [-0.2, -0.15) is 0 Å². The maximum absolute atomic E-state index is 12.6. The number of likely N-dealkylation sites (N-methyl/N-ethyl adjacent to an activating group) is 1. The molecule has 0 spiro atoms. The van der Waals surface area contributed by atoms with Gasteiger partial charge in [-0.3, -0.25) is 18.6 Å². The summed E-state index contributed by atoms with van der Waals surface area (Å²) in [6.45, 7) is 4.27. The Bertz CT molecular complexity index is 933. The number of ether oxygens (including phenoxy) is 2. The van der Waals surface area contributed by atoms with Crippen molar-refractivity contribution in [2.24, 2.45) is 0 Å². The van der Waals surface area contributed by atoms with E-state index in [0.717, 1.165) is 51.4 Å². The first kappa shape index (κ1) is 49.5. The van der Waals surface area contributed by atoms with Gasteiger partial charge in [0.2, 0.25) is 0 Å². The van der Waals surface area contributed by atoms with Crippen LogP contribution < -0.4 is 0 Å². The van der Waals surface area contributed by atoms with Crippen LogP contribution in [0.4, 0.5) is 0 Å². The number of phosphoric ester groups is 1. The molecule has 0 aliphatic heterocycles. The molecule has 2 atom stereocenters. The fourth-order valence-corrected chi connectivity index (χ4v) is 6.20. The lowest BCUT2D eigenvalue weighted by molar-refractivity contribution is -0.870. The highest BCUT2D eigenvalue weighted by molar-refractivity contribution is 7.47. The van der Waals surface area contributed by atoms with Crippen molar-refractivity contribution in [3.05, 3.63) is 24.3 Å². The number of unbranched alkanes of at least 4 members (excludes halogenated alkanes) is 19. The second-order valence-corrected chi connectivity index (χ2v) is 16.5. The first-order valence-electron chi connectivity index (χ1n) is 20.6. The second-order valence-electron chi connectivity index (χ2n) is 15.0. The summed E-state index contributed by atoms with van der Waals surface area (Å²) in [6, 6.07) is 0. The van der Waals surface area contributed by atoms with Crippen LogP contribution in [0.3, 0.4) is 0 Å². The highest BCUT2D eigenvalue weighted by atomic mass is 31.2. The van der Waals surface area contributed by atoms with Gasteiger partial charge in [0, 0.05) is 12.8 Å². The van der Waals surface area contributed by atoms with Crippen molar-refractivity contribution in [2.45, 2.75) is 180 Å². The quantitative estimate of drug-likeness (QED) is 0.0220. The summed E-state index contributed by atoms with van der Waals surface area (Å²) in [4.78, 5) is 34.8. The van der Waals surface area contributed by atoms with Crippen molar-refractivity contribution in [3.63, 3.8) is 0 Å². The van der Waals surface area contributed by atoms with Crippen molar-refractivity contribution in [3.8, 4) is 0 Å². The predicted octanol–water partition coefficient (Wildman–Crippen LogP) is 11.2. The normalized spacial score (nSPS) is 13.9. The number of hydrogen-bond donors (Lipinski definition) is 1. The summed E-state index contributed by atoms with van der Waals surface area (Å²) >= 11 is 0. The fraction of sp³-hybridized carbons (Fsp3) is 0.854. The number of rotatable bonds is 37. The molecule has 300 valence electrons. The zero-order chi connectivity index (χ0) is 37.9. The summed E-state index contributed by atoms with van der Waals surface area (Å²) < 4.78 is 33.9. The zero-order valence-corrected chi connectivity index (χ0v) is 34.5. The molecule has 51 heavy (non-hydrogen) atoms. The smallest absolute Gasteiger partial charge is 0.462 e. The predicted molar refractivity (Wildman–Crippen MR) is 211 cm³/mol. The Morgan fingerprint density at radius 2 is 1.06 bits per heavy atom. The maximum Gasteiger partial charge on any atom is 0.472 e. The molecular formula is C41H79NO8P+. The minimum absolute atomic E-state index is 0.0322. The van der Waals surface area contributed by atoms with Crippen LogP contribution in [0.25, 0.3) is 0 Å². The third kappa shape index (κ3) is 38.0. The van der Waals surface area contributed by atoms with Crippen molar-refractivity contribution in [1.82, 2.24) is 0 Å². The van der Waals surface area contributed by atoms with Gasteiger partial charge in [-0.15, -0.1) is 0 Å². The van der Waals surface area contributed by atoms with Gasteiger partial charge in [0.15, 0.2) is 6.10 Å². The molecule has 0 amide bonds. The van der Waals surface area contributed by atoms with Gasteiger partial charge < -0.3 is 18.9 Å². The average Bonchev–Trinajstić information content (AvgIpc) is 3.07. The van der Waals surface area contributed by atoms with Crippen LogP contribution >= 0.6 is 7.82 Å². The van der Waals surface area contributed by atoms with Crippen molar-refractivity contribution in [2.75, 3.05) is 47.5 Å². The maximum atomic E-state index is 12.6. The summed E-state index contributed by atoms with van der Waals surface area (Å²) in [7, 11) is 1.47. The minimum atomic E-state index is -4.36. The van der Waals surface area contributed by atoms with Crippen molar-refractivity contribution in [1.29, 1.82) is 0 Å². The highest BCUT2D eigenvalue weighted by Gasteiger charge is 2.27. The number of phosphoric acid groups is 1. The number of quaternary nitrogens is 1. The molecule has 0 aromatic heterocycles. The van der Waals surface area contributed by atoms with Crippen LogP contribution in [0.2, 0.25) is 0 Å². The van der Waals surface area contributed by atoms with Gasteiger partial charge in [0.1, 0.15) is 19.8 Å². The lowest BCUT2D eigenvalue weighted by atomic mass is 10.0. The minimum Gasteiger partial charge on any atom is -0.462 e. The van der Waals surface area contributed by atoms with E-state index < -0.39 is 26.5 Å². The Balaban J connectivity index is 4.08. The topological polar surface area (TPSA) is 108 Å². The molecule has 0 bridgehead atoms. The van der Waals surface area contributed by atoms with Crippen LogP contribution in [0, 0.1) is 0 Å². The molecule has 0 aromatic carbocycles. The van der Waals surface area contributed by atoms with Gasteiger partial charge >= 0.3 is 19.8 Å². The molecule has 1 N–H and O–H groups in total. The van der Waals surface area contributed by atoms with E-state index in [2.05, 4.69) is 38.2 Å². The van der Waals surface area contributed by atoms with Gasteiger partial charge in [-0.25, -0.2) is 4.57 Å². The van der Waals surface area contributed by atoms with E-state index in [1.165, 1.54) is 89.9 Å². The van der Waals surface area contributed by atoms with E-state index in [4.69, 9.17) is 18.5 Å². The van der Waals surface area contributed by atoms with Crippen LogP contribution in [0.15, 0.2) is 24.3 Å². The molecule has 0 rings (SSSR count).